The number of methoxy groups -OCH3 is 1. The molecule has 3 nitrogen and oxygen atoms in total. The summed E-state index contributed by atoms with van der Waals surface area (Å²) in [5, 5.41) is 7.43. The molecule has 1 aromatic heterocycles. The maximum Gasteiger partial charge on any atom is 0.175 e. The number of nitrogens with one attached hydrogen (secondary N) is 1. The predicted octanol–water partition coefficient (Wildman–Crippen LogP) is 4.21. The molecule has 0 fully saturated rings. The van der Waals surface area contributed by atoms with Gasteiger partial charge >= 0.3 is 0 Å². The minimum absolute atomic E-state index is 0.547. The van der Waals surface area contributed by atoms with E-state index < -0.39 is 0 Å². The van der Waals surface area contributed by atoms with Gasteiger partial charge in [-0.15, -0.1) is 0 Å². The zero-order valence-corrected chi connectivity index (χ0v) is 14.0. The summed E-state index contributed by atoms with van der Waals surface area (Å²) in [6.45, 7) is 4.39. The van der Waals surface area contributed by atoms with Gasteiger partial charge in [0.1, 0.15) is 6.61 Å². The van der Waals surface area contributed by atoms with Crippen LogP contribution in [0.15, 0.2) is 33.4 Å². The smallest absolute Gasteiger partial charge is 0.175 e. The molecule has 0 bridgehead atoms. The first-order valence-corrected chi connectivity index (χ1v) is 8.19. The predicted molar refractivity (Wildman–Crippen MR) is 86.7 cm³/mol. The van der Waals surface area contributed by atoms with Crippen molar-refractivity contribution in [3.63, 3.8) is 0 Å². The van der Waals surface area contributed by atoms with E-state index in [1.54, 1.807) is 18.4 Å². The Morgan fingerprint density at radius 2 is 2.15 bits per heavy atom. The second-order valence-corrected chi connectivity index (χ2v) is 5.94. The van der Waals surface area contributed by atoms with Gasteiger partial charge < -0.3 is 14.8 Å². The van der Waals surface area contributed by atoms with Crippen LogP contribution in [0.4, 0.5) is 0 Å². The summed E-state index contributed by atoms with van der Waals surface area (Å²) in [4.78, 5) is 0. The Labute approximate surface area is 132 Å². The Kier molecular flexibility index (Phi) is 5.88. The summed E-state index contributed by atoms with van der Waals surface area (Å²) < 4.78 is 12.2. The van der Waals surface area contributed by atoms with E-state index in [2.05, 4.69) is 45.7 Å². The fourth-order valence-corrected chi connectivity index (χ4v) is 3.07. The lowest BCUT2D eigenvalue weighted by molar-refractivity contribution is 0.282. The quantitative estimate of drug-likeness (QED) is 0.806. The molecule has 0 aliphatic carbocycles. The van der Waals surface area contributed by atoms with Gasteiger partial charge in [-0.3, -0.25) is 0 Å². The molecule has 5 heteroatoms. The zero-order chi connectivity index (χ0) is 14.4. The van der Waals surface area contributed by atoms with Crippen LogP contribution in [0, 0.1) is 0 Å². The van der Waals surface area contributed by atoms with Crippen LogP contribution in [0.2, 0.25) is 0 Å². The monoisotopic (exact) mass is 355 g/mol. The molecule has 0 aliphatic rings. The third-order valence-electron chi connectivity index (χ3n) is 2.83. The van der Waals surface area contributed by atoms with Crippen molar-refractivity contribution in [1.82, 2.24) is 5.32 Å². The van der Waals surface area contributed by atoms with E-state index in [1.807, 2.05) is 11.4 Å². The summed E-state index contributed by atoms with van der Waals surface area (Å²) in [5.74, 6) is 1.50. The molecule has 0 unspecified atom stereocenters. The van der Waals surface area contributed by atoms with Crippen molar-refractivity contribution in [3.05, 3.63) is 44.6 Å². The average molecular weight is 356 g/mol. The van der Waals surface area contributed by atoms with Crippen LogP contribution >= 0.6 is 27.3 Å². The highest BCUT2D eigenvalue weighted by Gasteiger charge is 2.12. The number of rotatable bonds is 7. The van der Waals surface area contributed by atoms with Crippen LogP contribution in [0.25, 0.3) is 0 Å². The molecule has 0 amide bonds. The number of thiophene rings is 1. The fourth-order valence-electron chi connectivity index (χ4n) is 1.81. The van der Waals surface area contributed by atoms with Gasteiger partial charge in [0, 0.05) is 6.54 Å². The molecule has 108 valence electrons. The molecule has 0 saturated heterocycles. The van der Waals surface area contributed by atoms with Gasteiger partial charge in [0.15, 0.2) is 11.5 Å². The van der Waals surface area contributed by atoms with Gasteiger partial charge in [-0.2, -0.15) is 11.3 Å². The van der Waals surface area contributed by atoms with Crippen molar-refractivity contribution >= 4 is 27.3 Å². The summed E-state index contributed by atoms with van der Waals surface area (Å²) in [5.41, 5.74) is 2.33. The molecule has 0 saturated carbocycles. The molecule has 0 aliphatic heterocycles. The molecule has 0 atom stereocenters. The van der Waals surface area contributed by atoms with Crippen molar-refractivity contribution in [2.45, 2.75) is 20.1 Å². The summed E-state index contributed by atoms with van der Waals surface area (Å²) in [7, 11) is 1.66. The number of hydrogen-bond acceptors (Lipinski definition) is 4. The van der Waals surface area contributed by atoms with Gasteiger partial charge in [0.05, 0.1) is 11.6 Å². The summed E-state index contributed by atoms with van der Waals surface area (Å²) in [6.07, 6.45) is 0. The number of hydrogen-bond donors (Lipinski definition) is 1. The zero-order valence-electron chi connectivity index (χ0n) is 11.6. The van der Waals surface area contributed by atoms with Crippen LogP contribution in [0.3, 0.4) is 0 Å². The Bertz CT molecular complexity index is 543. The Morgan fingerprint density at radius 3 is 2.80 bits per heavy atom. The van der Waals surface area contributed by atoms with Crippen LogP contribution in [-0.2, 0) is 13.2 Å². The number of halogens is 1. The van der Waals surface area contributed by atoms with Gasteiger partial charge in [0.2, 0.25) is 0 Å². The number of benzene rings is 1. The topological polar surface area (TPSA) is 30.5 Å². The molecular weight excluding hydrogens is 338 g/mol. The number of ether oxygens (including phenoxy) is 2. The standard InChI is InChI=1S/C15H18BrNO2S/c1-3-17-8-12-6-13(16)15(14(7-12)18-2)19-9-11-4-5-20-10-11/h4-7,10,17H,3,8-9H2,1-2H3. The largest absolute Gasteiger partial charge is 0.493 e. The Balaban J connectivity index is 2.14. The fraction of sp³-hybridized carbons (Fsp3) is 0.333. The van der Waals surface area contributed by atoms with Crippen molar-refractivity contribution in [2.75, 3.05) is 13.7 Å². The van der Waals surface area contributed by atoms with Crippen LogP contribution in [0.5, 0.6) is 11.5 Å². The lowest BCUT2D eigenvalue weighted by Crippen LogP contribution is -2.12. The van der Waals surface area contributed by atoms with Gasteiger partial charge in [-0.25, -0.2) is 0 Å². The van der Waals surface area contributed by atoms with Gasteiger partial charge in [-0.05, 0) is 62.6 Å². The molecule has 2 aromatic rings. The average Bonchev–Trinajstić information content (AvgIpc) is 2.96. The maximum atomic E-state index is 5.88. The third-order valence-corrected chi connectivity index (χ3v) is 4.15. The van der Waals surface area contributed by atoms with Crippen LogP contribution < -0.4 is 14.8 Å². The van der Waals surface area contributed by atoms with Crippen molar-refractivity contribution < 1.29 is 9.47 Å². The second kappa shape index (κ2) is 7.67. The van der Waals surface area contributed by atoms with E-state index in [4.69, 9.17) is 9.47 Å². The summed E-state index contributed by atoms with van der Waals surface area (Å²) >= 11 is 5.23. The van der Waals surface area contributed by atoms with Crippen molar-refractivity contribution in [2.24, 2.45) is 0 Å². The lowest BCUT2D eigenvalue weighted by atomic mass is 10.2. The molecule has 1 aromatic carbocycles. The maximum absolute atomic E-state index is 5.88. The minimum Gasteiger partial charge on any atom is -0.493 e. The van der Waals surface area contributed by atoms with Crippen LogP contribution in [-0.4, -0.2) is 13.7 Å². The highest BCUT2D eigenvalue weighted by molar-refractivity contribution is 9.10. The lowest BCUT2D eigenvalue weighted by Gasteiger charge is -2.14. The first-order valence-electron chi connectivity index (χ1n) is 6.45. The van der Waals surface area contributed by atoms with Gasteiger partial charge in [0.25, 0.3) is 0 Å². The molecule has 20 heavy (non-hydrogen) atoms. The van der Waals surface area contributed by atoms with E-state index in [0.717, 1.165) is 29.1 Å². The van der Waals surface area contributed by atoms with Crippen molar-refractivity contribution in [3.8, 4) is 11.5 Å². The van der Waals surface area contributed by atoms with E-state index in [-0.39, 0.29) is 0 Å². The first kappa shape index (κ1) is 15.4. The second-order valence-electron chi connectivity index (χ2n) is 4.31. The molecule has 0 radical (unpaired) electrons. The normalized spacial score (nSPS) is 10.6. The SMILES string of the molecule is CCNCc1cc(Br)c(OCc2ccsc2)c(OC)c1. The van der Waals surface area contributed by atoms with Crippen LogP contribution in [0.1, 0.15) is 18.1 Å². The Morgan fingerprint density at radius 1 is 1.30 bits per heavy atom. The molecule has 1 N–H and O–H groups in total. The van der Waals surface area contributed by atoms with E-state index in [9.17, 15) is 0 Å². The van der Waals surface area contributed by atoms with Gasteiger partial charge in [-0.1, -0.05) is 6.92 Å². The molecular formula is C15H18BrNO2S. The van der Waals surface area contributed by atoms with E-state index in [0.29, 0.717) is 6.61 Å². The minimum atomic E-state index is 0.547. The van der Waals surface area contributed by atoms with Crippen molar-refractivity contribution in [1.29, 1.82) is 0 Å². The highest BCUT2D eigenvalue weighted by Crippen LogP contribution is 2.37. The molecule has 2 rings (SSSR count). The summed E-state index contributed by atoms with van der Waals surface area (Å²) in [6, 6.07) is 6.13. The highest BCUT2D eigenvalue weighted by atomic mass is 79.9. The first-order chi connectivity index (χ1) is 9.74. The van der Waals surface area contributed by atoms with E-state index >= 15 is 0 Å². The van der Waals surface area contributed by atoms with E-state index in [1.165, 1.54) is 11.1 Å². The Hall–Kier alpha value is -1.04. The third kappa shape index (κ3) is 3.98. The molecule has 1 heterocycles. The molecule has 0 spiro atoms.